The largest absolute Gasteiger partial charge is 0.354 e. The topological polar surface area (TPSA) is 46.9 Å². The Labute approximate surface area is 93.5 Å². The van der Waals surface area contributed by atoms with E-state index in [1.165, 1.54) is 4.68 Å². The van der Waals surface area contributed by atoms with Gasteiger partial charge < -0.3 is 5.32 Å². The fourth-order valence-electron chi connectivity index (χ4n) is 1.45. The van der Waals surface area contributed by atoms with Crippen LogP contribution in [0, 0.1) is 6.92 Å². The number of nitrogens with one attached hydrogen (secondary N) is 1. The van der Waals surface area contributed by atoms with E-state index >= 15 is 0 Å². The SMILES string of the molecule is Cc1c(Nc2ccccc2)cnn(C)c1=O. The van der Waals surface area contributed by atoms with Crippen molar-refractivity contribution in [1.29, 1.82) is 0 Å². The third kappa shape index (κ3) is 1.95. The predicted molar refractivity (Wildman–Crippen MR) is 63.9 cm³/mol. The number of benzene rings is 1. The Morgan fingerprint density at radius 3 is 2.62 bits per heavy atom. The van der Waals surface area contributed by atoms with Crippen LogP contribution in [-0.4, -0.2) is 9.78 Å². The molecule has 0 spiro atoms. The van der Waals surface area contributed by atoms with Gasteiger partial charge in [-0.2, -0.15) is 5.10 Å². The highest BCUT2D eigenvalue weighted by Crippen LogP contribution is 2.15. The van der Waals surface area contributed by atoms with Crippen LogP contribution in [0.3, 0.4) is 0 Å². The maximum absolute atomic E-state index is 11.6. The first-order valence-electron chi connectivity index (χ1n) is 5.03. The van der Waals surface area contributed by atoms with Crippen molar-refractivity contribution in [3.05, 3.63) is 52.4 Å². The van der Waals surface area contributed by atoms with Crippen LogP contribution in [0.1, 0.15) is 5.56 Å². The fourth-order valence-corrected chi connectivity index (χ4v) is 1.45. The quantitative estimate of drug-likeness (QED) is 0.831. The van der Waals surface area contributed by atoms with Gasteiger partial charge in [0, 0.05) is 18.3 Å². The Hall–Kier alpha value is -2.10. The van der Waals surface area contributed by atoms with Crippen molar-refractivity contribution in [3.8, 4) is 0 Å². The maximum Gasteiger partial charge on any atom is 0.271 e. The molecule has 1 aromatic carbocycles. The molecule has 0 bridgehead atoms. The molecule has 2 rings (SSSR count). The number of hydrogen-bond acceptors (Lipinski definition) is 3. The first-order chi connectivity index (χ1) is 7.68. The lowest BCUT2D eigenvalue weighted by molar-refractivity contribution is 0.702. The van der Waals surface area contributed by atoms with Gasteiger partial charge in [0.05, 0.1) is 11.9 Å². The van der Waals surface area contributed by atoms with Crippen LogP contribution < -0.4 is 10.9 Å². The van der Waals surface area contributed by atoms with Crippen LogP contribution in [0.2, 0.25) is 0 Å². The summed E-state index contributed by atoms with van der Waals surface area (Å²) in [4.78, 5) is 11.6. The summed E-state index contributed by atoms with van der Waals surface area (Å²) in [6.45, 7) is 1.79. The Morgan fingerprint density at radius 1 is 1.25 bits per heavy atom. The third-order valence-electron chi connectivity index (χ3n) is 2.43. The smallest absolute Gasteiger partial charge is 0.271 e. The van der Waals surface area contributed by atoms with Crippen molar-refractivity contribution in [1.82, 2.24) is 9.78 Å². The molecule has 2 aromatic rings. The number of para-hydroxylation sites is 1. The molecule has 0 unspecified atom stereocenters. The molecule has 82 valence electrons. The van der Waals surface area contributed by atoms with Gasteiger partial charge in [-0.15, -0.1) is 0 Å². The molecular formula is C12H13N3O. The summed E-state index contributed by atoms with van der Waals surface area (Å²) in [6, 6.07) is 9.70. The van der Waals surface area contributed by atoms with Crippen LogP contribution >= 0.6 is 0 Å². The summed E-state index contributed by atoms with van der Waals surface area (Å²) in [7, 11) is 1.64. The van der Waals surface area contributed by atoms with E-state index in [1.54, 1.807) is 20.2 Å². The second kappa shape index (κ2) is 4.18. The van der Waals surface area contributed by atoms with Crippen LogP contribution in [0.4, 0.5) is 11.4 Å². The molecule has 0 aliphatic heterocycles. The Bertz CT molecular complexity index is 546. The van der Waals surface area contributed by atoms with E-state index in [2.05, 4.69) is 10.4 Å². The molecule has 0 saturated carbocycles. The Morgan fingerprint density at radius 2 is 1.94 bits per heavy atom. The average Bonchev–Trinajstić information content (AvgIpc) is 2.31. The monoisotopic (exact) mass is 215 g/mol. The number of hydrogen-bond donors (Lipinski definition) is 1. The molecule has 1 heterocycles. The Balaban J connectivity index is 2.37. The molecule has 1 aromatic heterocycles. The van der Waals surface area contributed by atoms with E-state index in [4.69, 9.17) is 0 Å². The normalized spacial score (nSPS) is 10.1. The molecule has 0 radical (unpaired) electrons. The molecule has 0 aliphatic carbocycles. The van der Waals surface area contributed by atoms with E-state index in [-0.39, 0.29) is 5.56 Å². The van der Waals surface area contributed by atoms with Gasteiger partial charge in [0.1, 0.15) is 0 Å². The number of aromatic nitrogens is 2. The molecule has 0 aliphatic rings. The van der Waals surface area contributed by atoms with Gasteiger partial charge in [-0.25, -0.2) is 4.68 Å². The van der Waals surface area contributed by atoms with Gasteiger partial charge in [-0.05, 0) is 19.1 Å². The van der Waals surface area contributed by atoms with Crippen molar-refractivity contribution >= 4 is 11.4 Å². The Kier molecular flexibility index (Phi) is 2.72. The predicted octanol–water partition coefficient (Wildman–Crippen LogP) is 1.83. The minimum Gasteiger partial charge on any atom is -0.354 e. The van der Waals surface area contributed by atoms with E-state index in [9.17, 15) is 4.79 Å². The molecular weight excluding hydrogens is 202 g/mol. The van der Waals surface area contributed by atoms with Crippen LogP contribution in [0.5, 0.6) is 0 Å². The maximum atomic E-state index is 11.6. The van der Waals surface area contributed by atoms with Crippen LogP contribution in [-0.2, 0) is 7.05 Å². The highest BCUT2D eigenvalue weighted by atomic mass is 16.1. The van der Waals surface area contributed by atoms with Gasteiger partial charge >= 0.3 is 0 Å². The van der Waals surface area contributed by atoms with E-state index in [0.29, 0.717) is 5.56 Å². The molecule has 0 saturated heterocycles. The van der Waals surface area contributed by atoms with Crippen LogP contribution in [0.25, 0.3) is 0 Å². The second-order valence-corrected chi connectivity index (χ2v) is 3.60. The summed E-state index contributed by atoms with van der Waals surface area (Å²) in [5.74, 6) is 0. The first-order valence-corrected chi connectivity index (χ1v) is 5.03. The summed E-state index contributed by atoms with van der Waals surface area (Å²) in [5.41, 5.74) is 2.28. The minimum absolute atomic E-state index is 0.0825. The lowest BCUT2D eigenvalue weighted by atomic mass is 10.2. The molecule has 4 heteroatoms. The van der Waals surface area contributed by atoms with Gasteiger partial charge in [-0.3, -0.25) is 4.79 Å². The molecule has 0 amide bonds. The lowest BCUT2D eigenvalue weighted by Gasteiger charge is -2.09. The van der Waals surface area contributed by atoms with E-state index in [0.717, 1.165) is 11.4 Å². The second-order valence-electron chi connectivity index (χ2n) is 3.60. The van der Waals surface area contributed by atoms with E-state index < -0.39 is 0 Å². The van der Waals surface area contributed by atoms with Gasteiger partial charge in [0.15, 0.2) is 0 Å². The fraction of sp³-hybridized carbons (Fsp3) is 0.167. The first kappa shape index (κ1) is 10.4. The third-order valence-corrected chi connectivity index (χ3v) is 2.43. The molecule has 0 fully saturated rings. The van der Waals surface area contributed by atoms with Crippen molar-refractivity contribution in [3.63, 3.8) is 0 Å². The molecule has 1 N–H and O–H groups in total. The zero-order chi connectivity index (χ0) is 11.5. The van der Waals surface area contributed by atoms with Crippen LogP contribution in [0.15, 0.2) is 41.3 Å². The number of anilines is 2. The number of rotatable bonds is 2. The minimum atomic E-state index is -0.0825. The number of nitrogens with zero attached hydrogens (tertiary/aromatic N) is 2. The van der Waals surface area contributed by atoms with Gasteiger partial charge in [0.25, 0.3) is 5.56 Å². The standard InChI is InChI=1S/C12H13N3O/c1-9-11(8-13-15(2)12(9)16)14-10-6-4-3-5-7-10/h3-8,14H,1-2H3. The average molecular weight is 215 g/mol. The summed E-state index contributed by atoms with van der Waals surface area (Å²) < 4.78 is 1.32. The van der Waals surface area contributed by atoms with Crippen molar-refractivity contribution in [2.45, 2.75) is 6.92 Å². The zero-order valence-electron chi connectivity index (χ0n) is 9.27. The molecule has 16 heavy (non-hydrogen) atoms. The highest BCUT2D eigenvalue weighted by Gasteiger charge is 2.04. The lowest BCUT2D eigenvalue weighted by Crippen LogP contribution is -2.22. The highest BCUT2D eigenvalue weighted by molar-refractivity contribution is 5.61. The van der Waals surface area contributed by atoms with Crippen molar-refractivity contribution in [2.75, 3.05) is 5.32 Å². The summed E-state index contributed by atoms with van der Waals surface area (Å²) >= 11 is 0. The van der Waals surface area contributed by atoms with E-state index in [1.807, 2.05) is 30.3 Å². The van der Waals surface area contributed by atoms with Gasteiger partial charge in [0.2, 0.25) is 0 Å². The van der Waals surface area contributed by atoms with Crippen molar-refractivity contribution < 1.29 is 0 Å². The number of aryl methyl sites for hydroxylation is 1. The summed E-state index contributed by atoms with van der Waals surface area (Å²) in [5, 5.41) is 7.14. The molecule has 0 atom stereocenters. The zero-order valence-corrected chi connectivity index (χ0v) is 9.27. The van der Waals surface area contributed by atoms with Crippen molar-refractivity contribution in [2.24, 2.45) is 7.05 Å². The summed E-state index contributed by atoms with van der Waals surface area (Å²) in [6.07, 6.45) is 1.66. The molecule has 4 nitrogen and oxygen atoms in total. The van der Waals surface area contributed by atoms with Gasteiger partial charge in [-0.1, -0.05) is 18.2 Å².